The van der Waals surface area contributed by atoms with E-state index in [1.165, 1.54) is 44.6 Å². The molecule has 0 spiro atoms. The van der Waals surface area contributed by atoms with Gasteiger partial charge < -0.3 is 11.1 Å². The summed E-state index contributed by atoms with van der Waals surface area (Å²) in [5.41, 5.74) is 8.21. The molecule has 2 aliphatic rings. The molecule has 3 nitrogen and oxygen atoms in total. The Morgan fingerprint density at radius 3 is 2.23 bits per heavy atom. The van der Waals surface area contributed by atoms with Crippen molar-refractivity contribution in [2.24, 2.45) is 5.73 Å². The molecule has 2 fully saturated rings. The van der Waals surface area contributed by atoms with Gasteiger partial charge in [0.2, 0.25) is 5.91 Å². The Labute approximate surface area is 182 Å². The number of rotatable bonds is 5. The largest absolute Gasteiger partial charge is 0.366 e. The van der Waals surface area contributed by atoms with Crippen molar-refractivity contribution < 1.29 is 13.6 Å². The van der Waals surface area contributed by atoms with Gasteiger partial charge in [-0.15, -0.1) is 0 Å². The van der Waals surface area contributed by atoms with Gasteiger partial charge in [0.05, 0.1) is 0 Å². The predicted octanol–water partition coefficient (Wildman–Crippen LogP) is 4.85. The smallest absolute Gasteiger partial charge is 0.248 e. The predicted molar refractivity (Wildman–Crippen MR) is 118 cm³/mol. The first kappa shape index (κ1) is 21.5. The number of nitrogens with one attached hydrogen (secondary N) is 1. The molecule has 4 rings (SSSR count). The molecule has 162 valence electrons. The summed E-state index contributed by atoms with van der Waals surface area (Å²) >= 11 is 0. The second-order valence-electron chi connectivity index (χ2n) is 8.90. The molecule has 0 aromatic heterocycles. The van der Waals surface area contributed by atoms with E-state index in [9.17, 15) is 13.6 Å². The van der Waals surface area contributed by atoms with Crippen LogP contribution in [0.15, 0.2) is 36.4 Å². The van der Waals surface area contributed by atoms with Crippen LogP contribution in [0.25, 0.3) is 0 Å². The molecular weight excluding hydrogens is 394 g/mol. The number of halogens is 2. The van der Waals surface area contributed by atoms with Crippen LogP contribution in [-0.2, 0) is 6.42 Å². The maximum absolute atomic E-state index is 13.5. The minimum absolute atomic E-state index is 0.0198. The monoisotopic (exact) mass is 422 g/mol. The molecule has 2 aromatic rings. The van der Waals surface area contributed by atoms with Crippen molar-refractivity contribution in [1.29, 1.82) is 0 Å². The third kappa shape index (κ3) is 5.51. The first-order valence-electron chi connectivity index (χ1n) is 11.1. The number of hydrogen-bond donors (Lipinski definition) is 2. The zero-order chi connectivity index (χ0) is 21.8. The third-order valence-corrected chi connectivity index (χ3v) is 6.32. The Bertz CT molecular complexity index is 1030. The highest BCUT2D eigenvalue weighted by Crippen LogP contribution is 2.35. The van der Waals surface area contributed by atoms with Crippen molar-refractivity contribution in [2.75, 3.05) is 0 Å². The van der Waals surface area contributed by atoms with E-state index < -0.39 is 17.5 Å². The van der Waals surface area contributed by atoms with Crippen LogP contribution < -0.4 is 11.1 Å². The van der Waals surface area contributed by atoms with E-state index in [-0.39, 0.29) is 5.54 Å². The molecule has 5 heteroatoms. The summed E-state index contributed by atoms with van der Waals surface area (Å²) in [6.07, 6.45) is 10.2. The number of carbonyl (C=O) groups is 1. The van der Waals surface area contributed by atoms with Gasteiger partial charge in [-0.25, -0.2) is 8.78 Å². The highest BCUT2D eigenvalue weighted by molar-refractivity contribution is 5.94. The minimum Gasteiger partial charge on any atom is -0.366 e. The maximum Gasteiger partial charge on any atom is 0.248 e. The molecule has 0 bridgehead atoms. The molecular formula is C26H28F2N2O. The molecule has 2 aliphatic carbocycles. The van der Waals surface area contributed by atoms with Gasteiger partial charge in [-0.2, -0.15) is 0 Å². The fourth-order valence-electron chi connectivity index (χ4n) is 4.58. The van der Waals surface area contributed by atoms with Gasteiger partial charge in [-0.3, -0.25) is 4.79 Å². The summed E-state index contributed by atoms with van der Waals surface area (Å²) in [5.74, 6) is 3.65. The lowest BCUT2D eigenvalue weighted by atomic mass is 9.81. The van der Waals surface area contributed by atoms with Gasteiger partial charge in [0, 0.05) is 28.3 Å². The average Bonchev–Trinajstić information content (AvgIpc) is 3.57. The van der Waals surface area contributed by atoms with Gasteiger partial charge in [-0.05, 0) is 74.1 Å². The number of carbonyl (C=O) groups excluding carboxylic acids is 1. The SMILES string of the molecule is NC(=O)c1ccc(C#Cc2ccc(F)c(F)c2)cc1CC1(NC2CC2)CCCCCC1. The van der Waals surface area contributed by atoms with E-state index in [0.29, 0.717) is 17.2 Å². The Morgan fingerprint density at radius 1 is 0.968 bits per heavy atom. The van der Waals surface area contributed by atoms with Gasteiger partial charge in [0.25, 0.3) is 0 Å². The summed E-state index contributed by atoms with van der Waals surface area (Å²) < 4.78 is 26.6. The highest BCUT2D eigenvalue weighted by atomic mass is 19.2. The number of primary amides is 1. The Balaban J connectivity index is 1.64. The Kier molecular flexibility index (Phi) is 6.38. The zero-order valence-electron chi connectivity index (χ0n) is 17.6. The van der Waals surface area contributed by atoms with Crippen LogP contribution in [0.2, 0.25) is 0 Å². The fraction of sp³-hybridized carbons (Fsp3) is 0.423. The molecule has 3 N–H and O–H groups in total. The molecule has 2 aromatic carbocycles. The molecule has 1 amide bonds. The summed E-state index contributed by atoms with van der Waals surface area (Å²) in [5, 5.41) is 3.88. The van der Waals surface area contributed by atoms with E-state index in [1.807, 2.05) is 6.07 Å². The molecule has 31 heavy (non-hydrogen) atoms. The van der Waals surface area contributed by atoms with E-state index in [0.717, 1.165) is 42.5 Å². The van der Waals surface area contributed by atoms with Gasteiger partial charge in [-0.1, -0.05) is 37.5 Å². The van der Waals surface area contributed by atoms with Gasteiger partial charge in [0.15, 0.2) is 11.6 Å². The average molecular weight is 423 g/mol. The number of benzene rings is 2. The van der Waals surface area contributed by atoms with E-state index >= 15 is 0 Å². The molecule has 0 unspecified atom stereocenters. The van der Waals surface area contributed by atoms with Crippen LogP contribution in [0.3, 0.4) is 0 Å². The normalized spacial score (nSPS) is 18.0. The van der Waals surface area contributed by atoms with Gasteiger partial charge in [0.1, 0.15) is 0 Å². The standard InChI is InChI=1S/C26H28F2N2O/c27-23-12-8-19(16-24(23)28)6-5-18-7-11-22(25(29)31)20(15-18)17-26(30-21-9-10-21)13-3-1-2-4-14-26/h7-8,11-12,15-16,21,30H,1-4,9-10,13-14,17H2,(H2,29,31). The van der Waals surface area contributed by atoms with Crippen LogP contribution in [0.5, 0.6) is 0 Å². The fourth-order valence-corrected chi connectivity index (χ4v) is 4.58. The molecule has 0 saturated heterocycles. The molecule has 0 heterocycles. The zero-order valence-corrected chi connectivity index (χ0v) is 17.6. The van der Waals surface area contributed by atoms with E-state index in [2.05, 4.69) is 17.2 Å². The van der Waals surface area contributed by atoms with Crippen LogP contribution in [0.4, 0.5) is 8.78 Å². The van der Waals surface area contributed by atoms with Crippen LogP contribution >= 0.6 is 0 Å². The summed E-state index contributed by atoms with van der Waals surface area (Å²) in [4.78, 5) is 12.1. The van der Waals surface area contributed by atoms with Crippen molar-refractivity contribution in [1.82, 2.24) is 5.32 Å². The second kappa shape index (κ2) is 9.20. The summed E-state index contributed by atoms with van der Waals surface area (Å²) in [6, 6.07) is 9.59. The first-order valence-corrected chi connectivity index (χ1v) is 11.1. The van der Waals surface area contributed by atoms with Crippen molar-refractivity contribution in [2.45, 2.75) is 69.4 Å². The van der Waals surface area contributed by atoms with Crippen LogP contribution in [-0.4, -0.2) is 17.5 Å². The number of nitrogens with two attached hydrogens (primary N) is 1. The molecule has 0 radical (unpaired) electrons. The Morgan fingerprint density at radius 2 is 1.61 bits per heavy atom. The van der Waals surface area contributed by atoms with Crippen molar-refractivity contribution in [3.8, 4) is 11.8 Å². The number of amides is 1. The Hall–Kier alpha value is -2.71. The van der Waals surface area contributed by atoms with E-state index in [1.54, 1.807) is 12.1 Å². The van der Waals surface area contributed by atoms with Crippen LogP contribution in [0.1, 0.15) is 78.4 Å². The number of hydrogen-bond acceptors (Lipinski definition) is 2. The summed E-state index contributed by atoms with van der Waals surface area (Å²) in [6.45, 7) is 0. The van der Waals surface area contributed by atoms with Crippen LogP contribution in [0, 0.1) is 23.5 Å². The second-order valence-corrected chi connectivity index (χ2v) is 8.90. The lowest BCUT2D eigenvalue weighted by Crippen LogP contribution is -2.48. The van der Waals surface area contributed by atoms with E-state index in [4.69, 9.17) is 5.73 Å². The van der Waals surface area contributed by atoms with Crippen molar-refractivity contribution >= 4 is 5.91 Å². The quantitative estimate of drug-likeness (QED) is 0.535. The first-order chi connectivity index (χ1) is 14.9. The maximum atomic E-state index is 13.5. The molecule has 2 saturated carbocycles. The topological polar surface area (TPSA) is 55.1 Å². The van der Waals surface area contributed by atoms with Gasteiger partial charge >= 0.3 is 0 Å². The lowest BCUT2D eigenvalue weighted by Gasteiger charge is -2.35. The molecule has 0 atom stereocenters. The minimum atomic E-state index is -0.918. The lowest BCUT2D eigenvalue weighted by molar-refractivity contribution is 0.0999. The third-order valence-electron chi connectivity index (χ3n) is 6.32. The van der Waals surface area contributed by atoms with Crippen molar-refractivity contribution in [3.63, 3.8) is 0 Å². The van der Waals surface area contributed by atoms with Crippen molar-refractivity contribution in [3.05, 3.63) is 70.3 Å². The molecule has 0 aliphatic heterocycles. The highest BCUT2D eigenvalue weighted by Gasteiger charge is 2.37. The summed E-state index contributed by atoms with van der Waals surface area (Å²) in [7, 11) is 0.